The first-order valence-electron chi connectivity index (χ1n) is 4.49. The van der Waals surface area contributed by atoms with Crippen LogP contribution in [0.15, 0.2) is 12.8 Å². The topological polar surface area (TPSA) is 21.3 Å². The zero-order valence-electron chi connectivity index (χ0n) is 8.52. The molecule has 1 N–H and O–H groups in total. The lowest BCUT2D eigenvalue weighted by molar-refractivity contribution is 0.242. The van der Waals surface area contributed by atoms with Gasteiger partial charge >= 0.3 is 0 Å². The van der Waals surface area contributed by atoms with Crippen LogP contribution in [0.4, 0.5) is 0 Å². The second kappa shape index (κ2) is 6.06. The van der Waals surface area contributed by atoms with Gasteiger partial charge < -0.3 is 10.1 Å². The van der Waals surface area contributed by atoms with Crippen molar-refractivity contribution >= 4 is 0 Å². The first-order chi connectivity index (χ1) is 5.56. The van der Waals surface area contributed by atoms with Crippen molar-refractivity contribution in [2.45, 2.75) is 27.2 Å². The van der Waals surface area contributed by atoms with E-state index in [1.54, 1.807) is 0 Å². The van der Waals surface area contributed by atoms with Gasteiger partial charge in [0.15, 0.2) is 0 Å². The lowest BCUT2D eigenvalue weighted by Crippen LogP contribution is -2.28. The Bertz CT molecular complexity index is 115. The van der Waals surface area contributed by atoms with Crippen LogP contribution >= 0.6 is 0 Å². The molecule has 2 heteroatoms. The Morgan fingerprint density at radius 1 is 1.42 bits per heavy atom. The molecule has 0 aromatic heterocycles. The Balaban J connectivity index is 3.06. The van der Waals surface area contributed by atoms with Crippen LogP contribution in [0.25, 0.3) is 0 Å². The van der Waals surface area contributed by atoms with Gasteiger partial charge in [-0.1, -0.05) is 27.4 Å². The van der Waals surface area contributed by atoms with Gasteiger partial charge in [-0.05, 0) is 24.9 Å². The van der Waals surface area contributed by atoms with Crippen LogP contribution in [0.3, 0.4) is 0 Å². The van der Waals surface area contributed by atoms with Gasteiger partial charge in [-0.25, -0.2) is 0 Å². The van der Waals surface area contributed by atoms with E-state index < -0.39 is 0 Å². The standard InChI is InChI=1S/C10H21NO/c1-5-12-8-6-7-11-9-10(2,3)4/h5,11H,1,6-9H2,2-4H3. The molecule has 0 radical (unpaired) electrons. The van der Waals surface area contributed by atoms with Gasteiger partial charge in [0, 0.05) is 0 Å². The molecule has 0 saturated heterocycles. The fourth-order valence-corrected chi connectivity index (χ4v) is 0.827. The highest BCUT2D eigenvalue weighted by atomic mass is 16.5. The van der Waals surface area contributed by atoms with E-state index in [9.17, 15) is 0 Å². The van der Waals surface area contributed by atoms with E-state index in [1.165, 1.54) is 6.26 Å². The van der Waals surface area contributed by atoms with E-state index in [2.05, 4.69) is 32.7 Å². The predicted octanol–water partition coefficient (Wildman–Crippen LogP) is 2.17. The minimum atomic E-state index is 0.374. The van der Waals surface area contributed by atoms with Crippen LogP contribution in [-0.4, -0.2) is 19.7 Å². The maximum Gasteiger partial charge on any atom is 0.0885 e. The molecule has 72 valence electrons. The average molecular weight is 171 g/mol. The highest BCUT2D eigenvalue weighted by Crippen LogP contribution is 2.09. The van der Waals surface area contributed by atoms with E-state index >= 15 is 0 Å². The Morgan fingerprint density at radius 3 is 2.58 bits per heavy atom. The van der Waals surface area contributed by atoms with Crippen molar-refractivity contribution in [2.24, 2.45) is 5.41 Å². The summed E-state index contributed by atoms with van der Waals surface area (Å²) in [7, 11) is 0. The van der Waals surface area contributed by atoms with Crippen LogP contribution in [0.2, 0.25) is 0 Å². The predicted molar refractivity (Wildman–Crippen MR) is 53.1 cm³/mol. The monoisotopic (exact) mass is 171 g/mol. The fraction of sp³-hybridized carbons (Fsp3) is 0.800. The Labute approximate surface area is 76.0 Å². The smallest absolute Gasteiger partial charge is 0.0885 e. The zero-order chi connectivity index (χ0) is 9.45. The molecule has 0 aliphatic rings. The summed E-state index contributed by atoms with van der Waals surface area (Å²) in [4.78, 5) is 0. The van der Waals surface area contributed by atoms with Gasteiger partial charge in [0.1, 0.15) is 0 Å². The zero-order valence-corrected chi connectivity index (χ0v) is 8.52. The van der Waals surface area contributed by atoms with Gasteiger partial charge in [-0.3, -0.25) is 0 Å². The van der Waals surface area contributed by atoms with Crippen molar-refractivity contribution in [1.82, 2.24) is 5.32 Å². The molecule has 0 heterocycles. The van der Waals surface area contributed by atoms with Gasteiger partial charge in [-0.2, -0.15) is 0 Å². The van der Waals surface area contributed by atoms with E-state index in [-0.39, 0.29) is 0 Å². The second-order valence-electron chi connectivity index (χ2n) is 4.13. The molecule has 0 saturated carbocycles. The molecule has 0 rings (SSSR count). The molecule has 12 heavy (non-hydrogen) atoms. The van der Waals surface area contributed by atoms with Crippen molar-refractivity contribution in [3.63, 3.8) is 0 Å². The van der Waals surface area contributed by atoms with E-state index in [0.29, 0.717) is 5.41 Å². The molecular weight excluding hydrogens is 150 g/mol. The summed E-state index contributed by atoms with van der Waals surface area (Å²) < 4.78 is 4.99. The number of hydrogen-bond acceptors (Lipinski definition) is 2. The normalized spacial score (nSPS) is 11.2. The van der Waals surface area contributed by atoms with Crippen LogP contribution in [0.5, 0.6) is 0 Å². The maximum atomic E-state index is 4.99. The van der Waals surface area contributed by atoms with E-state index in [0.717, 1.165) is 26.1 Å². The number of rotatable bonds is 6. The molecule has 2 nitrogen and oxygen atoms in total. The van der Waals surface area contributed by atoms with Crippen LogP contribution in [-0.2, 0) is 4.74 Å². The maximum absolute atomic E-state index is 4.99. The summed E-state index contributed by atoms with van der Waals surface area (Å²) in [6, 6.07) is 0. The molecule has 0 bridgehead atoms. The molecule has 0 aromatic rings. The first kappa shape index (κ1) is 11.5. The largest absolute Gasteiger partial charge is 0.502 e. The van der Waals surface area contributed by atoms with Gasteiger partial charge in [0.05, 0.1) is 12.9 Å². The fourth-order valence-electron chi connectivity index (χ4n) is 0.827. The summed E-state index contributed by atoms with van der Waals surface area (Å²) in [5.74, 6) is 0. The van der Waals surface area contributed by atoms with Crippen molar-refractivity contribution in [1.29, 1.82) is 0 Å². The quantitative estimate of drug-likeness (QED) is 0.488. The van der Waals surface area contributed by atoms with Gasteiger partial charge in [-0.15, -0.1) is 0 Å². The summed E-state index contributed by atoms with van der Waals surface area (Å²) in [6.45, 7) is 13.0. The second-order valence-corrected chi connectivity index (χ2v) is 4.13. The number of ether oxygens (including phenoxy) is 1. The highest BCUT2D eigenvalue weighted by molar-refractivity contribution is 4.64. The summed E-state index contributed by atoms with van der Waals surface area (Å²) in [5, 5.41) is 3.37. The molecule has 0 aliphatic carbocycles. The molecule has 0 unspecified atom stereocenters. The SMILES string of the molecule is C=COCCCNCC(C)(C)C. The van der Waals surface area contributed by atoms with Crippen LogP contribution in [0.1, 0.15) is 27.2 Å². The lowest BCUT2D eigenvalue weighted by atomic mass is 9.97. The van der Waals surface area contributed by atoms with Crippen molar-refractivity contribution < 1.29 is 4.74 Å². The molecule has 0 aliphatic heterocycles. The van der Waals surface area contributed by atoms with Crippen LogP contribution in [0, 0.1) is 5.41 Å². The minimum Gasteiger partial charge on any atom is -0.502 e. The minimum absolute atomic E-state index is 0.374. The summed E-state index contributed by atoms with van der Waals surface area (Å²) in [6.07, 6.45) is 2.53. The Kier molecular flexibility index (Phi) is 5.81. The van der Waals surface area contributed by atoms with Crippen molar-refractivity contribution in [2.75, 3.05) is 19.7 Å². The highest BCUT2D eigenvalue weighted by Gasteiger charge is 2.07. The summed E-state index contributed by atoms with van der Waals surface area (Å²) >= 11 is 0. The molecule has 0 amide bonds. The summed E-state index contributed by atoms with van der Waals surface area (Å²) in [5.41, 5.74) is 0.374. The third-order valence-electron chi connectivity index (χ3n) is 1.39. The molecular formula is C10H21NO. The molecule has 0 aromatic carbocycles. The average Bonchev–Trinajstić information content (AvgIpc) is 1.94. The number of hydrogen-bond donors (Lipinski definition) is 1. The Hall–Kier alpha value is -0.500. The van der Waals surface area contributed by atoms with Gasteiger partial charge in [0.2, 0.25) is 0 Å². The first-order valence-corrected chi connectivity index (χ1v) is 4.49. The van der Waals surface area contributed by atoms with Gasteiger partial charge in [0.25, 0.3) is 0 Å². The Morgan fingerprint density at radius 2 is 2.08 bits per heavy atom. The molecule has 0 spiro atoms. The number of nitrogens with one attached hydrogen (secondary N) is 1. The van der Waals surface area contributed by atoms with Crippen LogP contribution < -0.4 is 5.32 Å². The van der Waals surface area contributed by atoms with E-state index in [1.807, 2.05) is 0 Å². The third kappa shape index (κ3) is 9.50. The molecule has 0 atom stereocenters. The van der Waals surface area contributed by atoms with Crippen molar-refractivity contribution in [3.8, 4) is 0 Å². The van der Waals surface area contributed by atoms with E-state index in [4.69, 9.17) is 4.74 Å². The molecule has 0 fully saturated rings. The van der Waals surface area contributed by atoms with Crippen molar-refractivity contribution in [3.05, 3.63) is 12.8 Å². The lowest BCUT2D eigenvalue weighted by Gasteiger charge is -2.18. The third-order valence-corrected chi connectivity index (χ3v) is 1.39.